The van der Waals surface area contributed by atoms with E-state index in [1.807, 2.05) is 33.0 Å². The summed E-state index contributed by atoms with van der Waals surface area (Å²) in [6, 6.07) is 6.66. The molecule has 0 amide bonds. The SMILES string of the molecule is Cc1cccc(N2CCC(Nc3nc(C)cnc3C)CC2)n1. The predicted molar refractivity (Wildman–Crippen MR) is 89.3 cm³/mol. The van der Waals surface area contributed by atoms with Crippen LogP contribution in [-0.2, 0) is 0 Å². The summed E-state index contributed by atoms with van der Waals surface area (Å²) in [5.41, 5.74) is 2.99. The molecular weight excluding hydrogens is 274 g/mol. The average Bonchev–Trinajstić information content (AvgIpc) is 2.52. The highest BCUT2D eigenvalue weighted by atomic mass is 15.2. The molecular formula is C17H23N5. The van der Waals surface area contributed by atoms with Crippen LogP contribution in [0.15, 0.2) is 24.4 Å². The van der Waals surface area contributed by atoms with Gasteiger partial charge in [0.15, 0.2) is 0 Å². The Balaban J connectivity index is 1.61. The van der Waals surface area contributed by atoms with E-state index < -0.39 is 0 Å². The highest BCUT2D eigenvalue weighted by Gasteiger charge is 2.21. The van der Waals surface area contributed by atoms with Crippen molar-refractivity contribution < 1.29 is 0 Å². The Hall–Kier alpha value is -2.17. The molecule has 5 heteroatoms. The van der Waals surface area contributed by atoms with E-state index in [9.17, 15) is 0 Å². The number of piperidine rings is 1. The lowest BCUT2D eigenvalue weighted by Gasteiger charge is -2.33. The molecule has 0 unspecified atom stereocenters. The van der Waals surface area contributed by atoms with Crippen LogP contribution < -0.4 is 10.2 Å². The Morgan fingerprint density at radius 3 is 2.55 bits per heavy atom. The smallest absolute Gasteiger partial charge is 0.147 e. The van der Waals surface area contributed by atoms with Crippen molar-refractivity contribution in [1.82, 2.24) is 15.0 Å². The molecule has 3 heterocycles. The fourth-order valence-corrected chi connectivity index (χ4v) is 2.83. The number of aryl methyl sites for hydroxylation is 3. The summed E-state index contributed by atoms with van der Waals surface area (Å²) >= 11 is 0. The normalized spacial score (nSPS) is 15.9. The zero-order valence-corrected chi connectivity index (χ0v) is 13.5. The average molecular weight is 297 g/mol. The molecule has 2 aromatic heterocycles. The van der Waals surface area contributed by atoms with Gasteiger partial charge in [0.05, 0.1) is 11.4 Å². The van der Waals surface area contributed by atoms with Gasteiger partial charge < -0.3 is 10.2 Å². The van der Waals surface area contributed by atoms with Gasteiger partial charge in [0.2, 0.25) is 0 Å². The minimum Gasteiger partial charge on any atom is -0.366 e. The van der Waals surface area contributed by atoms with Crippen molar-refractivity contribution >= 4 is 11.6 Å². The third-order valence-corrected chi connectivity index (χ3v) is 4.11. The maximum atomic E-state index is 4.61. The van der Waals surface area contributed by atoms with Crippen molar-refractivity contribution in [3.8, 4) is 0 Å². The first kappa shape index (κ1) is 14.8. The Kier molecular flexibility index (Phi) is 4.22. The molecule has 0 aromatic carbocycles. The number of hydrogen-bond acceptors (Lipinski definition) is 5. The third-order valence-electron chi connectivity index (χ3n) is 4.11. The fourth-order valence-electron chi connectivity index (χ4n) is 2.83. The molecule has 116 valence electrons. The summed E-state index contributed by atoms with van der Waals surface area (Å²) < 4.78 is 0. The molecule has 0 aliphatic carbocycles. The fraction of sp³-hybridized carbons (Fsp3) is 0.471. The lowest BCUT2D eigenvalue weighted by atomic mass is 10.0. The molecule has 0 spiro atoms. The van der Waals surface area contributed by atoms with Gasteiger partial charge in [-0.05, 0) is 45.7 Å². The number of rotatable bonds is 3. The summed E-state index contributed by atoms with van der Waals surface area (Å²) in [7, 11) is 0. The molecule has 2 aromatic rings. The number of aromatic nitrogens is 3. The molecule has 0 atom stereocenters. The van der Waals surface area contributed by atoms with Crippen molar-refractivity contribution in [3.63, 3.8) is 0 Å². The van der Waals surface area contributed by atoms with Crippen molar-refractivity contribution in [3.05, 3.63) is 41.5 Å². The second kappa shape index (κ2) is 6.30. The van der Waals surface area contributed by atoms with Crippen LogP contribution in [0.1, 0.15) is 29.9 Å². The molecule has 3 rings (SSSR count). The van der Waals surface area contributed by atoms with E-state index in [1.165, 1.54) is 0 Å². The number of hydrogen-bond donors (Lipinski definition) is 1. The van der Waals surface area contributed by atoms with Gasteiger partial charge in [-0.3, -0.25) is 4.98 Å². The van der Waals surface area contributed by atoms with Gasteiger partial charge in [0, 0.05) is 31.0 Å². The van der Waals surface area contributed by atoms with Crippen LogP contribution in [0.4, 0.5) is 11.6 Å². The van der Waals surface area contributed by atoms with E-state index in [4.69, 9.17) is 0 Å². The monoisotopic (exact) mass is 297 g/mol. The van der Waals surface area contributed by atoms with Crippen LogP contribution in [0, 0.1) is 20.8 Å². The summed E-state index contributed by atoms with van der Waals surface area (Å²) in [5, 5.41) is 3.55. The van der Waals surface area contributed by atoms with E-state index in [2.05, 4.69) is 37.3 Å². The highest BCUT2D eigenvalue weighted by molar-refractivity contribution is 5.43. The summed E-state index contributed by atoms with van der Waals surface area (Å²) in [6.07, 6.45) is 3.99. The maximum Gasteiger partial charge on any atom is 0.147 e. The summed E-state index contributed by atoms with van der Waals surface area (Å²) in [5.74, 6) is 2.01. The molecule has 0 radical (unpaired) electrons. The zero-order valence-electron chi connectivity index (χ0n) is 13.5. The van der Waals surface area contributed by atoms with Crippen LogP contribution in [0.2, 0.25) is 0 Å². The Bertz CT molecular complexity index is 647. The molecule has 1 aliphatic rings. The molecule has 1 fully saturated rings. The van der Waals surface area contributed by atoms with Gasteiger partial charge in [-0.2, -0.15) is 0 Å². The van der Waals surface area contributed by atoms with E-state index >= 15 is 0 Å². The number of nitrogens with zero attached hydrogens (tertiary/aromatic N) is 4. The summed E-state index contributed by atoms with van der Waals surface area (Å²) in [4.78, 5) is 15.9. The first-order chi connectivity index (χ1) is 10.6. The maximum absolute atomic E-state index is 4.61. The minimum atomic E-state index is 0.454. The lowest BCUT2D eigenvalue weighted by molar-refractivity contribution is 0.521. The Morgan fingerprint density at radius 1 is 1.05 bits per heavy atom. The van der Waals surface area contributed by atoms with Gasteiger partial charge in [-0.15, -0.1) is 0 Å². The zero-order chi connectivity index (χ0) is 15.5. The second-order valence-corrected chi connectivity index (χ2v) is 5.99. The molecule has 22 heavy (non-hydrogen) atoms. The largest absolute Gasteiger partial charge is 0.366 e. The van der Waals surface area contributed by atoms with Crippen molar-refractivity contribution in [2.75, 3.05) is 23.3 Å². The van der Waals surface area contributed by atoms with Crippen molar-refractivity contribution in [2.24, 2.45) is 0 Å². The first-order valence-corrected chi connectivity index (χ1v) is 7.87. The van der Waals surface area contributed by atoms with E-state index in [0.29, 0.717) is 6.04 Å². The highest BCUT2D eigenvalue weighted by Crippen LogP contribution is 2.21. The van der Waals surface area contributed by atoms with Gasteiger partial charge in [0.25, 0.3) is 0 Å². The Morgan fingerprint density at radius 2 is 1.82 bits per heavy atom. The molecule has 0 bridgehead atoms. The van der Waals surface area contributed by atoms with Crippen molar-refractivity contribution in [1.29, 1.82) is 0 Å². The van der Waals surface area contributed by atoms with Gasteiger partial charge in [-0.1, -0.05) is 6.07 Å². The number of pyridine rings is 1. The molecule has 0 saturated carbocycles. The van der Waals surface area contributed by atoms with Crippen molar-refractivity contribution in [2.45, 2.75) is 39.7 Å². The molecule has 5 nitrogen and oxygen atoms in total. The molecule has 1 N–H and O–H groups in total. The lowest BCUT2D eigenvalue weighted by Crippen LogP contribution is -2.39. The van der Waals surface area contributed by atoms with E-state index in [-0.39, 0.29) is 0 Å². The first-order valence-electron chi connectivity index (χ1n) is 7.87. The second-order valence-electron chi connectivity index (χ2n) is 5.99. The Labute approximate surface area is 131 Å². The van der Waals surface area contributed by atoms with Crippen LogP contribution in [0.5, 0.6) is 0 Å². The van der Waals surface area contributed by atoms with Crippen LogP contribution in [0.25, 0.3) is 0 Å². The minimum absolute atomic E-state index is 0.454. The molecule has 1 aliphatic heterocycles. The number of anilines is 2. The third kappa shape index (κ3) is 3.35. The van der Waals surface area contributed by atoms with Crippen LogP contribution >= 0.6 is 0 Å². The van der Waals surface area contributed by atoms with Crippen LogP contribution in [0.3, 0.4) is 0 Å². The topological polar surface area (TPSA) is 53.9 Å². The standard InChI is InChI=1S/C17H23N5/c1-12-5-4-6-16(19-12)22-9-7-15(8-10-22)21-17-14(3)18-11-13(2)20-17/h4-6,11,15H,7-10H2,1-3H3,(H,20,21). The van der Waals surface area contributed by atoms with Gasteiger partial charge in [0.1, 0.15) is 11.6 Å². The predicted octanol–water partition coefficient (Wildman–Crippen LogP) is 2.88. The van der Waals surface area contributed by atoms with Gasteiger partial charge >= 0.3 is 0 Å². The summed E-state index contributed by atoms with van der Waals surface area (Å²) in [6.45, 7) is 8.06. The molecule has 1 saturated heterocycles. The quantitative estimate of drug-likeness (QED) is 0.944. The van der Waals surface area contributed by atoms with Gasteiger partial charge in [-0.25, -0.2) is 9.97 Å². The van der Waals surface area contributed by atoms with E-state index in [0.717, 1.165) is 54.6 Å². The van der Waals surface area contributed by atoms with Crippen LogP contribution in [-0.4, -0.2) is 34.1 Å². The van der Waals surface area contributed by atoms with E-state index in [1.54, 1.807) is 0 Å². The number of nitrogens with one attached hydrogen (secondary N) is 1.